The van der Waals surface area contributed by atoms with Gasteiger partial charge >= 0.3 is 0 Å². The number of carbonyl (C=O) groups is 1. The first-order chi connectivity index (χ1) is 15.2. The first-order valence-electron chi connectivity index (χ1n) is 10.9. The van der Waals surface area contributed by atoms with E-state index in [0.717, 1.165) is 29.3 Å². The Morgan fingerprint density at radius 2 is 1.69 bits per heavy atom. The van der Waals surface area contributed by atoms with E-state index in [2.05, 4.69) is 30.9 Å². The van der Waals surface area contributed by atoms with Crippen LogP contribution in [0.1, 0.15) is 29.5 Å². The predicted molar refractivity (Wildman–Crippen MR) is 130 cm³/mol. The van der Waals surface area contributed by atoms with Gasteiger partial charge in [-0.15, -0.1) is 0 Å². The zero-order valence-corrected chi connectivity index (χ0v) is 20.4. The molecular weight excluding hydrogens is 442 g/mol. The van der Waals surface area contributed by atoms with Crippen molar-refractivity contribution in [2.24, 2.45) is 0 Å². The van der Waals surface area contributed by atoms with Crippen LogP contribution >= 0.6 is 11.3 Å². The van der Waals surface area contributed by atoms with Crippen LogP contribution in [0.15, 0.2) is 41.3 Å². The number of aromatic nitrogens is 1. The number of fused-ring (bicyclic) bond motifs is 1. The smallest absolute Gasteiger partial charge is 0.222 e. The Morgan fingerprint density at radius 1 is 1.00 bits per heavy atom. The lowest BCUT2D eigenvalue weighted by Gasteiger charge is -2.34. The van der Waals surface area contributed by atoms with E-state index in [1.807, 2.05) is 11.8 Å². The van der Waals surface area contributed by atoms with Gasteiger partial charge in [0.25, 0.3) is 0 Å². The summed E-state index contributed by atoms with van der Waals surface area (Å²) in [6.07, 6.45) is 0.594. The van der Waals surface area contributed by atoms with Gasteiger partial charge in [0, 0.05) is 32.6 Å². The molecule has 2 aromatic carbocycles. The van der Waals surface area contributed by atoms with Crippen molar-refractivity contribution >= 4 is 42.4 Å². The molecule has 0 spiro atoms. The first kappa shape index (κ1) is 22.7. The number of piperazine rings is 1. The molecule has 170 valence electrons. The molecule has 2 heterocycles. The number of aryl methyl sites for hydroxylation is 3. The van der Waals surface area contributed by atoms with Gasteiger partial charge in [-0.1, -0.05) is 35.1 Å². The highest BCUT2D eigenvalue weighted by Crippen LogP contribution is 2.32. The molecule has 32 heavy (non-hydrogen) atoms. The maximum absolute atomic E-state index is 12.6. The zero-order valence-electron chi connectivity index (χ0n) is 18.8. The molecule has 0 unspecified atom stereocenters. The Morgan fingerprint density at radius 3 is 2.38 bits per heavy atom. The molecule has 0 radical (unpaired) electrons. The molecule has 8 heteroatoms. The van der Waals surface area contributed by atoms with Crippen LogP contribution in [-0.2, 0) is 14.6 Å². The highest BCUT2D eigenvalue weighted by molar-refractivity contribution is 7.91. The number of sulfone groups is 1. The number of hydrogen-bond acceptors (Lipinski definition) is 6. The van der Waals surface area contributed by atoms with Crippen LogP contribution < -0.4 is 4.90 Å². The van der Waals surface area contributed by atoms with Gasteiger partial charge in [0.05, 0.1) is 20.9 Å². The van der Waals surface area contributed by atoms with Gasteiger partial charge in [0.1, 0.15) is 0 Å². The summed E-state index contributed by atoms with van der Waals surface area (Å²) in [7, 11) is -3.35. The SMILES string of the molecule is Cc1ccc(S(=O)(=O)CCCC(=O)N2CCN(c3nc4cc(C)cc(C)c4s3)CC2)cc1. The maximum atomic E-state index is 12.6. The van der Waals surface area contributed by atoms with Gasteiger partial charge in [-0.05, 0) is 56.5 Å². The summed E-state index contributed by atoms with van der Waals surface area (Å²) in [6.45, 7) is 8.88. The summed E-state index contributed by atoms with van der Waals surface area (Å²) in [5.74, 6) is 0.0196. The molecule has 0 N–H and O–H groups in total. The Kier molecular flexibility index (Phi) is 6.53. The Bertz CT molecular complexity index is 1230. The van der Waals surface area contributed by atoms with Crippen molar-refractivity contribution in [1.82, 2.24) is 9.88 Å². The van der Waals surface area contributed by atoms with Crippen molar-refractivity contribution in [3.8, 4) is 0 Å². The molecule has 1 fully saturated rings. The van der Waals surface area contributed by atoms with Crippen LogP contribution in [-0.4, -0.2) is 56.1 Å². The third-order valence-electron chi connectivity index (χ3n) is 5.90. The zero-order chi connectivity index (χ0) is 22.9. The minimum Gasteiger partial charge on any atom is -0.345 e. The summed E-state index contributed by atoms with van der Waals surface area (Å²) >= 11 is 1.71. The fourth-order valence-electron chi connectivity index (χ4n) is 4.08. The van der Waals surface area contributed by atoms with E-state index in [1.165, 1.54) is 15.8 Å². The van der Waals surface area contributed by atoms with E-state index in [1.54, 1.807) is 35.6 Å². The third-order valence-corrected chi connectivity index (χ3v) is 8.98. The van der Waals surface area contributed by atoms with Crippen LogP contribution in [0.4, 0.5) is 5.13 Å². The Hall–Kier alpha value is -2.45. The van der Waals surface area contributed by atoms with E-state index in [4.69, 9.17) is 4.98 Å². The number of carbonyl (C=O) groups excluding carboxylic acids is 1. The minimum atomic E-state index is -3.35. The minimum absolute atomic E-state index is 0.00770. The molecule has 0 atom stereocenters. The van der Waals surface area contributed by atoms with Crippen LogP contribution in [0.5, 0.6) is 0 Å². The second-order valence-corrected chi connectivity index (χ2v) is 11.6. The van der Waals surface area contributed by atoms with Crippen molar-refractivity contribution in [2.45, 2.75) is 38.5 Å². The second-order valence-electron chi connectivity index (χ2n) is 8.53. The highest BCUT2D eigenvalue weighted by atomic mass is 32.2. The maximum Gasteiger partial charge on any atom is 0.222 e. The summed E-state index contributed by atoms with van der Waals surface area (Å²) < 4.78 is 26.2. The van der Waals surface area contributed by atoms with Gasteiger partial charge < -0.3 is 9.80 Å². The lowest BCUT2D eigenvalue weighted by Crippen LogP contribution is -2.48. The normalized spacial score (nSPS) is 14.8. The fraction of sp³-hybridized carbons (Fsp3) is 0.417. The first-order valence-corrected chi connectivity index (χ1v) is 13.4. The van der Waals surface area contributed by atoms with Crippen LogP contribution in [0, 0.1) is 20.8 Å². The van der Waals surface area contributed by atoms with Gasteiger partial charge in [0.2, 0.25) is 5.91 Å². The van der Waals surface area contributed by atoms with Gasteiger partial charge in [-0.3, -0.25) is 4.79 Å². The molecule has 0 aliphatic carbocycles. The monoisotopic (exact) mass is 471 g/mol. The molecule has 4 rings (SSSR count). The van der Waals surface area contributed by atoms with Crippen molar-refractivity contribution in [1.29, 1.82) is 0 Å². The molecule has 1 saturated heterocycles. The molecule has 1 aliphatic rings. The van der Waals surface area contributed by atoms with Gasteiger partial charge in [0.15, 0.2) is 15.0 Å². The average Bonchev–Trinajstić information content (AvgIpc) is 3.18. The Balaban J connectivity index is 1.29. The van der Waals surface area contributed by atoms with Gasteiger partial charge in [-0.2, -0.15) is 0 Å². The fourth-order valence-corrected chi connectivity index (χ4v) is 6.46. The van der Waals surface area contributed by atoms with Crippen molar-refractivity contribution in [3.63, 3.8) is 0 Å². The van der Waals surface area contributed by atoms with E-state index in [0.29, 0.717) is 24.4 Å². The quantitative estimate of drug-likeness (QED) is 0.541. The predicted octanol–water partition coefficient (Wildman–Crippen LogP) is 4.12. The Labute approximate surface area is 193 Å². The molecule has 3 aromatic rings. The lowest BCUT2D eigenvalue weighted by atomic mass is 10.1. The number of benzene rings is 2. The number of hydrogen-bond donors (Lipinski definition) is 0. The summed E-state index contributed by atoms with van der Waals surface area (Å²) in [5, 5.41) is 1.00. The third kappa shape index (κ3) is 4.96. The molecular formula is C24H29N3O3S2. The van der Waals surface area contributed by atoms with E-state index >= 15 is 0 Å². The molecule has 1 aliphatic heterocycles. The molecule has 1 amide bonds. The second kappa shape index (κ2) is 9.19. The van der Waals surface area contributed by atoms with Crippen LogP contribution in [0.2, 0.25) is 0 Å². The molecule has 0 saturated carbocycles. The number of nitrogens with zero attached hydrogens (tertiary/aromatic N) is 3. The topological polar surface area (TPSA) is 70.6 Å². The van der Waals surface area contributed by atoms with Crippen LogP contribution in [0.3, 0.4) is 0 Å². The average molecular weight is 472 g/mol. The summed E-state index contributed by atoms with van der Waals surface area (Å²) in [6, 6.07) is 11.2. The van der Waals surface area contributed by atoms with E-state index in [9.17, 15) is 13.2 Å². The van der Waals surface area contributed by atoms with Crippen molar-refractivity contribution in [2.75, 3.05) is 36.8 Å². The molecule has 6 nitrogen and oxygen atoms in total. The van der Waals surface area contributed by atoms with Crippen LogP contribution in [0.25, 0.3) is 10.2 Å². The highest BCUT2D eigenvalue weighted by Gasteiger charge is 2.24. The number of anilines is 1. The summed E-state index contributed by atoms with van der Waals surface area (Å²) in [5.41, 5.74) is 4.52. The van der Waals surface area contributed by atoms with Crippen molar-refractivity contribution < 1.29 is 13.2 Å². The molecule has 0 bridgehead atoms. The largest absolute Gasteiger partial charge is 0.345 e. The number of amides is 1. The number of thiazole rings is 1. The molecule has 1 aromatic heterocycles. The summed E-state index contributed by atoms with van der Waals surface area (Å²) in [4.78, 5) is 21.9. The van der Waals surface area contributed by atoms with E-state index < -0.39 is 9.84 Å². The lowest BCUT2D eigenvalue weighted by molar-refractivity contribution is -0.131. The van der Waals surface area contributed by atoms with Gasteiger partial charge in [-0.25, -0.2) is 13.4 Å². The standard InChI is InChI=1S/C24H29N3O3S2/c1-17-6-8-20(9-7-17)32(29,30)14-4-5-22(28)26-10-12-27(13-11-26)24-25-21-16-18(2)15-19(3)23(21)31-24/h6-9,15-16H,4-5,10-14H2,1-3H3. The van der Waals surface area contributed by atoms with E-state index in [-0.39, 0.29) is 18.1 Å². The number of rotatable bonds is 6. The van der Waals surface area contributed by atoms with Crippen molar-refractivity contribution in [3.05, 3.63) is 53.1 Å².